The molecule has 2 heteroatoms. The Bertz CT molecular complexity index is 550. The van der Waals surface area contributed by atoms with Gasteiger partial charge in [-0.15, -0.1) is 0 Å². The fourth-order valence-corrected chi connectivity index (χ4v) is 3.59. The normalized spacial score (nSPS) is 22.1. The Morgan fingerprint density at radius 2 is 1.62 bits per heavy atom. The molecule has 0 heterocycles. The van der Waals surface area contributed by atoms with Gasteiger partial charge in [0.25, 0.3) is 0 Å². The highest BCUT2D eigenvalue weighted by molar-refractivity contribution is 9.10. The standard InChI is InChI=1S/C19H22BrN/c20-17-12-10-15(11-13-17)14-21-19-9-5-4-8-18(19)16-6-2-1-3-7-16/h1-3,6-7,10-13,18-19,21H,4-5,8-9,14H2. The minimum atomic E-state index is 0.602. The van der Waals surface area contributed by atoms with Gasteiger partial charge < -0.3 is 5.32 Å². The third-order valence-electron chi connectivity index (χ3n) is 4.48. The van der Waals surface area contributed by atoms with E-state index >= 15 is 0 Å². The monoisotopic (exact) mass is 343 g/mol. The van der Waals surface area contributed by atoms with Gasteiger partial charge in [0.2, 0.25) is 0 Å². The molecule has 0 amide bonds. The quantitative estimate of drug-likeness (QED) is 0.797. The summed E-state index contributed by atoms with van der Waals surface area (Å²) in [5.41, 5.74) is 2.85. The number of hydrogen-bond acceptors (Lipinski definition) is 1. The van der Waals surface area contributed by atoms with Crippen molar-refractivity contribution in [1.82, 2.24) is 5.32 Å². The van der Waals surface area contributed by atoms with E-state index in [1.165, 1.54) is 36.8 Å². The van der Waals surface area contributed by atoms with Crippen molar-refractivity contribution in [1.29, 1.82) is 0 Å². The van der Waals surface area contributed by atoms with E-state index in [0.717, 1.165) is 11.0 Å². The third-order valence-corrected chi connectivity index (χ3v) is 5.00. The summed E-state index contributed by atoms with van der Waals surface area (Å²) in [7, 11) is 0. The highest BCUT2D eigenvalue weighted by Crippen LogP contribution is 2.33. The number of halogens is 1. The molecule has 0 radical (unpaired) electrons. The molecule has 1 N–H and O–H groups in total. The van der Waals surface area contributed by atoms with Crippen LogP contribution in [0.4, 0.5) is 0 Å². The van der Waals surface area contributed by atoms with Crippen LogP contribution in [0.25, 0.3) is 0 Å². The molecule has 2 aromatic rings. The van der Waals surface area contributed by atoms with E-state index in [1.54, 1.807) is 0 Å². The van der Waals surface area contributed by atoms with Crippen LogP contribution in [0.15, 0.2) is 59.1 Å². The summed E-state index contributed by atoms with van der Waals surface area (Å²) in [6, 6.07) is 20.2. The van der Waals surface area contributed by atoms with Crippen LogP contribution in [0, 0.1) is 0 Å². The molecule has 110 valence electrons. The van der Waals surface area contributed by atoms with E-state index in [9.17, 15) is 0 Å². The van der Waals surface area contributed by atoms with E-state index in [2.05, 4.69) is 75.8 Å². The van der Waals surface area contributed by atoms with Crippen LogP contribution in [-0.2, 0) is 6.54 Å². The Balaban J connectivity index is 1.66. The largest absolute Gasteiger partial charge is 0.309 e. The first-order chi connectivity index (χ1) is 10.3. The number of rotatable bonds is 4. The number of nitrogens with one attached hydrogen (secondary N) is 1. The molecule has 0 saturated heterocycles. The molecule has 1 saturated carbocycles. The maximum atomic E-state index is 3.79. The van der Waals surface area contributed by atoms with Crippen LogP contribution in [0.5, 0.6) is 0 Å². The average Bonchev–Trinajstić information content (AvgIpc) is 2.55. The van der Waals surface area contributed by atoms with E-state index in [0.29, 0.717) is 12.0 Å². The summed E-state index contributed by atoms with van der Waals surface area (Å²) < 4.78 is 1.14. The van der Waals surface area contributed by atoms with E-state index in [4.69, 9.17) is 0 Å². The van der Waals surface area contributed by atoms with Gasteiger partial charge in [-0.1, -0.05) is 71.2 Å². The van der Waals surface area contributed by atoms with Gasteiger partial charge in [0.15, 0.2) is 0 Å². The van der Waals surface area contributed by atoms with Crippen LogP contribution < -0.4 is 5.32 Å². The highest BCUT2D eigenvalue weighted by atomic mass is 79.9. The molecule has 0 spiro atoms. The SMILES string of the molecule is Brc1ccc(CNC2CCCCC2c2ccccc2)cc1. The van der Waals surface area contributed by atoms with Crippen molar-refractivity contribution in [2.45, 2.75) is 44.2 Å². The lowest BCUT2D eigenvalue weighted by Crippen LogP contribution is -2.36. The summed E-state index contributed by atoms with van der Waals surface area (Å²) in [4.78, 5) is 0. The summed E-state index contributed by atoms with van der Waals surface area (Å²) in [6.45, 7) is 0.960. The number of hydrogen-bond donors (Lipinski definition) is 1. The highest BCUT2D eigenvalue weighted by Gasteiger charge is 2.25. The fraction of sp³-hybridized carbons (Fsp3) is 0.368. The Labute approximate surface area is 135 Å². The van der Waals surface area contributed by atoms with Crippen molar-refractivity contribution in [3.8, 4) is 0 Å². The Kier molecular flexibility index (Phi) is 5.10. The zero-order valence-electron chi connectivity index (χ0n) is 12.3. The lowest BCUT2D eigenvalue weighted by atomic mass is 9.80. The van der Waals surface area contributed by atoms with Crippen molar-refractivity contribution in [3.63, 3.8) is 0 Å². The average molecular weight is 344 g/mol. The van der Waals surface area contributed by atoms with Crippen LogP contribution in [0.2, 0.25) is 0 Å². The molecule has 1 aliphatic rings. The van der Waals surface area contributed by atoms with Crippen molar-refractivity contribution >= 4 is 15.9 Å². The second-order valence-corrected chi connectivity index (χ2v) is 6.83. The van der Waals surface area contributed by atoms with Gasteiger partial charge in [-0.3, -0.25) is 0 Å². The smallest absolute Gasteiger partial charge is 0.0208 e. The third kappa shape index (κ3) is 3.96. The van der Waals surface area contributed by atoms with Crippen LogP contribution in [-0.4, -0.2) is 6.04 Å². The molecule has 2 atom stereocenters. The van der Waals surface area contributed by atoms with Crippen molar-refractivity contribution in [2.75, 3.05) is 0 Å². The summed E-state index contributed by atoms with van der Waals surface area (Å²) in [5.74, 6) is 0.662. The first-order valence-electron chi connectivity index (χ1n) is 7.86. The number of benzene rings is 2. The molecule has 1 nitrogen and oxygen atoms in total. The Morgan fingerprint density at radius 1 is 0.905 bits per heavy atom. The second-order valence-electron chi connectivity index (χ2n) is 5.92. The van der Waals surface area contributed by atoms with Gasteiger partial charge in [0.1, 0.15) is 0 Å². The van der Waals surface area contributed by atoms with E-state index in [-0.39, 0.29) is 0 Å². The Morgan fingerprint density at radius 3 is 2.38 bits per heavy atom. The molecule has 2 aromatic carbocycles. The maximum absolute atomic E-state index is 3.79. The molecule has 2 unspecified atom stereocenters. The van der Waals surface area contributed by atoms with Crippen LogP contribution in [0.3, 0.4) is 0 Å². The molecular weight excluding hydrogens is 322 g/mol. The molecule has 1 aliphatic carbocycles. The molecular formula is C19H22BrN. The minimum absolute atomic E-state index is 0.602. The van der Waals surface area contributed by atoms with Gasteiger partial charge in [0.05, 0.1) is 0 Å². The van der Waals surface area contributed by atoms with Gasteiger partial charge in [-0.05, 0) is 42.0 Å². The maximum Gasteiger partial charge on any atom is 0.0208 e. The lowest BCUT2D eigenvalue weighted by molar-refractivity contribution is 0.326. The zero-order valence-corrected chi connectivity index (χ0v) is 13.9. The predicted octanol–water partition coefficient (Wildman–Crippen LogP) is 5.27. The molecule has 0 aliphatic heterocycles. The predicted molar refractivity (Wildman–Crippen MR) is 92.4 cm³/mol. The van der Waals surface area contributed by atoms with E-state index in [1.807, 2.05) is 0 Å². The minimum Gasteiger partial charge on any atom is -0.309 e. The first kappa shape index (κ1) is 14.8. The lowest BCUT2D eigenvalue weighted by Gasteiger charge is -2.33. The summed E-state index contributed by atoms with van der Waals surface area (Å²) >= 11 is 3.49. The first-order valence-corrected chi connectivity index (χ1v) is 8.65. The molecule has 0 aromatic heterocycles. The van der Waals surface area contributed by atoms with Crippen LogP contribution in [0.1, 0.15) is 42.7 Å². The molecule has 0 bridgehead atoms. The van der Waals surface area contributed by atoms with Crippen molar-refractivity contribution < 1.29 is 0 Å². The zero-order chi connectivity index (χ0) is 14.5. The molecule has 1 fully saturated rings. The van der Waals surface area contributed by atoms with Crippen molar-refractivity contribution in [3.05, 3.63) is 70.2 Å². The van der Waals surface area contributed by atoms with Crippen LogP contribution >= 0.6 is 15.9 Å². The summed E-state index contributed by atoms with van der Waals surface area (Å²) in [5, 5.41) is 3.79. The van der Waals surface area contributed by atoms with E-state index < -0.39 is 0 Å². The van der Waals surface area contributed by atoms with Gasteiger partial charge in [-0.25, -0.2) is 0 Å². The van der Waals surface area contributed by atoms with Gasteiger partial charge in [0, 0.05) is 17.1 Å². The second kappa shape index (κ2) is 7.24. The topological polar surface area (TPSA) is 12.0 Å². The molecule has 21 heavy (non-hydrogen) atoms. The van der Waals surface area contributed by atoms with Gasteiger partial charge in [-0.2, -0.15) is 0 Å². The van der Waals surface area contributed by atoms with Gasteiger partial charge >= 0.3 is 0 Å². The fourth-order valence-electron chi connectivity index (χ4n) is 3.33. The molecule has 3 rings (SSSR count). The Hall–Kier alpha value is -1.12. The summed E-state index contributed by atoms with van der Waals surface area (Å²) in [6.07, 6.45) is 5.30. The van der Waals surface area contributed by atoms with Crippen molar-refractivity contribution in [2.24, 2.45) is 0 Å².